The molecular formula is C23H21N3O4S2. The number of amides is 1. The molecule has 3 aromatic rings. The van der Waals surface area contributed by atoms with E-state index in [2.05, 4.69) is 9.98 Å². The average molecular weight is 468 g/mol. The Labute approximate surface area is 194 Å². The van der Waals surface area contributed by atoms with Crippen molar-refractivity contribution < 1.29 is 19.0 Å². The molecule has 1 saturated heterocycles. The molecule has 1 aromatic heterocycles. The molecular weight excluding hydrogens is 446 g/mol. The Hall–Kier alpha value is -3.30. The van der Waals surface area contributed by atoms with Gasteiger partial charge < -0.3 is 14.2 Å². The minimum atomic E-state index is -0.148. The largest absolute Gasteiger partial charge is 0.493 e. The van der Waals surface area contributed by atoms with E-state index in [1.165, 1.54) is 28.0 Å². The number of rotatable bonds is 6. The molecule has 0 unspecified atom stereocenters. The fourth-order valence-corrected chi connectivity index (χ4v) is 4.88. The first-order valence-electron chi connectivity index (χ1n) is 9.62. The quantitative estimate of drug-likeness (QED) is 0.471. The molecule has 1 aliphatic heterocycles. The monoisotopic (exact) mass is 467 g/mol. The Kier molecular flexibility index (Phi) is 6.48. The van der Waals surface area contributed by atoms with Crippen LogP contribution in [0, 0.1) is 0 Å². The number of hydrogen-bond donors (Lipinski definition) is 0. The first-order valence-corrected chi connectivity index (χ1v) is 11.3. The fraction of sp³-hybridized carbons (Fsp3) is 0.174. The van der Waals surface area contributed by atoms with Crippen LogP contribution in [-0.2, 0) is 4.79 Å². The van der Waals surface area contributed by atoms with Crippen molar-refractivity contribution in [1.82, 2.24) is 9.88 Å². The molecule has 7 nitrogen and oxygen atoms in total. The highest BCUT2D eigenvalue weighted by atomic mass is 32.2. The lowest BCUT2D eigenvalue weighted by molar-refractivity contribution is -0.121. The minimum absolute atomic E-state index is 0.148. The van der Waals surface area contributed by atoms with Crippen LogP contribution in [0.15, 0.2) is 57.7 Å². The molecule has 2 heterocycles. The number of nitrogens with zero attached hydrogens (tertiary/aromatic N) is 3. The molecule has 0 spiro atoms. The number of thioether (sulfide) groups is 1. The van der Waals surface area contributed by atoms with Gasteiger partial charge in [-0.1, -0.05) is 30.3 Å². The van der Waals surface area contributed by atoms with E-state index in [4.69, 9.17) is 14.2 Å². The molecule has 164 valence electrons. The van der Waals surface area contributed by atoms with Gasteiger partial charge in [-0.3, -0.25) is 9.69 Å². The summed E-state index contributed by atoms with van der Waals surface area (Å²) in [5, 5.41) is 3.12. The van der Waals surface area contributed by atoms with Gasteiger partial charge in [0, 0.05) is 23.6 Å². The lowest BCUT2D eigenvalue weighted by Gasteiger charge is -2.14. The van der Waals surface area contributed by atoms with Crippen molar-refractivity contribution in [2.75, 3.05) is 28.4 Å². The van der Waals surface area contributed by atoms with Gasteiger partial charge in [0.05, 0.1) is 31.9 Å². The summed E-state index contributed by atoms with van der Waals surface area (Å²) in [6.45, 7) is 0. The molecule has 0 saturated carbocycles. The molecule has 0 bridgehead atoms. The summed E-state index contributed by atoms with van der Waals surface area (Å²) < 4.78 is 16.3. The topological polar surface area (TPSA) is 73.3 Å². The van der Waals surface area contributed by atoms with Gasteiger partial charge in [-0.2, -0.15) is 4.99 Å². The summed E-state index contributed by atoms with van der Waals surface area (Å²) in [5.41, 5.74) is 2.59. The van der Waals surface area contributed by atoms with Crippen molar-refractivity contribution in [1.29, 1.82) is 0 Å². The Morgan fingerprint density at radius 2 is 1.75 bits per heavy atom. The number of carbonyl (C=O) groups excluding carboxylic acids is 1. The van der Waals surface area contributed by atoms with Crippen molar-refractivity contribution in [3.8, 4) is 28.5 Å². The van der Waals surface area contributed by atoms with Gasteiger partial charge in [0.1, 0.15) is 0 Å². The summed E-state index contributed by atoms with van der Waals surface area (Å²) >= 11 is 2.73. The first-order chi connectivity index (χ1) is 15.5. The number of thiazole rings is 1. The summed E-state index contributed by atoms with van der Waals surface area (Å²) in [6.07, 6.45) is 1.77. The Bertz CT molecular complexity index is 1210. The predicted molar refractivity (Wildman–Crippen MR) is 129 cm³/mol. The van der Waals surface area contributed by atoms with Crippen molar-refractivity contribution in [2.45, 2.75) is 0 Å². The smallest absolute Gasteiger partial charge is 0.266 e. The third-order valence-electron chi connectivity index (χ3n) is 4.78. The van der Waals surface area contributed by atoms with Crippen LogP contribution in [0.25, 0.3) is 17.3 Å². The number of carbonyl (C=O) groups is 1. The summed E-state index contributed by atoms with van der Waals surface area (Å²) in [4.78, 5) is 24.1. The number of benzene rings is 2. The van der Waals surface area contributed by atoms with Gasteiger partial charge in [-0.15, -0.1) is 11.3 Å². The van der Waals surface area contributed by atoms with Gasteiger partial charge in [0.25, 0.3) is 5.91 Å². The van der Waals surface area contributed by atoms with E-state index in [0.717, 1.165) is 11.3 Å². The highest BCUT2D eigenvalue weighted by Crippen LogP contribution is 2.42. The minimum Gasteiger partial charge on any atom is -0.493 e. The normalized spacial score (nSPS) is 16.1. The highest BCUT2D eigenvalue weighted by molar-refractivity contribution is 8.18. The third-order valence-corrected chi connectivity index (χ3v) is 6.57. The van der Waals surface area contributed by atoms with E-state index >= 15 is 0 Å². The number of ether oxygens (including phenoxy) is 3. The third kappa shape index (κ3) is 4.21. The zero-order valence-corrected chi connectivity index (χ0v) is 19.6. The van der Waals surface area contributed by atoms with Crippen molar-refractivity contribution in [2.24, 2.45) is 4.99 Å². The van der Waals surface area contributed by atoms with E-state index in [-0.39, 0.29) is 5.91 Å². The molecule has 1 fully saturated rings. The summed E-state index contributed by atoms with van der Waals surface area (Å²) in [6, 6.07) is 13.5. The standard InChI is InChI=1S/C23H21N3O4S2/c1-26-21(27)18(12-15-10-11-17(28-2)20(30-4)19(15)29-3)32-23(26)25-22-24-16(13-31-22)14-8-6-5-7-9-14/h5-13H,1-4H3/b18-12-,25-23+. The molecule has 0 atom stereocenters. The Balaban J connectivity index is 1.64. The highest BCUT2D eigenvalue weighted by Gasteiger charge is 2.31. The Morgan fingerprint density at radius 3 is 2.44 bits per heavy atom. The SMILES string of the molecule is COc1ccc(/C=C2\S/C(=N/c3nc(-c4ccccc4)cs3)N(C)C2=O)c(OC)c1OC. The first kappa shape index (κ1) is 21.9. The maximum absolute atomic E-state index is 12.9. The van der Waals surface area contributed by atoms with Crippen LogP contribution in [0.1, 0.15) is 5.56 Å². The van der Waals surface area contributed by atoms with Crippen LogP contribution in [0.3, 0.4) is 0 Å². The molecule has 2 aromatic carbocycles. The maximum atomic E-state index is 12.9. The second-order valence-corrected chi connectivity index (χ2v) is 8.52. The van der Waals surface area contributed by atoms with Gasteiger partial charge in [0.2, 0.25) is 10.9 Å². The summed E-state index contributed by atoms with van der Waals surface area (Å²) in [7, 11) is 6.36. The predicted octanol–water partition coefficient (Wildman–Crippen LogP) is 5.07. The van der Waals surface area contributed by atoms with E-state index in [0.29, 0.717) is 38.0 Å². The number of aliphatic imine (C=N–C) groups is 1. The second-order valence-electron chi connectivity index (χ2n) is 6.67. The molecule has 0 N–H and O–H groups in total. The van der Waals surface area contributed by atoms with Gasteiger partial charge in [-0.05, 0) is 30.0 Å². The maximum Gasteiger partial charge on any atom is 0.266 e. The summed E-state index contributed by atoms with van der Waals surface area (Å²) in [5.74, 6) is 1.37. The van der Waals surface area contributed by atoms with Gasteiger partial charge >= 0.3 is 0 Å². The van der Waals surface area contributed by atoms with E-state index < -0.39 is 0 Å². The zero-order chi connectivity index (χ0) is 22.7. The van der Waals surface area contributed by atoms with Crippen molar-refractivity contribution >= 4 is 45.4 Å². The van der Waals surface area contributed by atoms with E-state index in [9.17, 15) is 4.79 Å². The number of methoxy groups -OCH3 is 3. The van der Waals surface area contributed by atoms with E-state index in [1.54, 1.807) is 40.5 Å². The van der Waals surface area contributed by atoms with Gasteiger partial charge in [-0.25, -0.2) is 4.98 Å². The second kappa shape index (κ2) is 9.46. The molecule has 1 aliphatic rings. The molecule has 4 rings (SSSR count). The van der Waals surface area contributed by atoms with Crippen molar-refractivity contribution in [3.63, 3.8) is 0 Å². The number of likely N-dealkylation sites (N-methyl/N-ethyl adjacent to an activating group) is 1. The van der Waals surface area contributed by atoms with Crippen LogP contribution in [0.5, 0.6) is 17.2 Å². The molecule has 32 heavy (non-hydrogen) atoms. The number of hydrogen-bond acceptors (Lipinski definition) is 8. The van der Waals surface area contributed by atoms with Crippen LogP contribution in [-0.4, -0.2) is 49.3 Å². The van der Waals surface area contributed by atoms with Crippen LogP contribution in [0.4, 0.5) is 5.13 Å². The average Bonchev–Trinajstić information content (AvgIpc) is 3.40. The number of amidine groups is 1. The van der Waals surface area contributed by atoms with Crippen LogP contribution in [0.2, 0.25) is 0 Å². The lowest BCUT2D eigenvalue weighted by Crippen LogP contribution is -2.23. The van der Waals surface area contributed by atoms with Crippen LogP contribution < -0.4 is 14.2 Å². The Morgan fingerprint density at radius 1 is 1.00 bits per heavy atom. The van der Waals surface area contributed by atoms with Crippen molar-refractivity contribution in [3.05, 3.63) is 58.3 Å². The zero-order valence-electron chi connectivity index (χ0n) is 18.0. The molecule has 1 amide bonds. The number of aromatic nitrogens is 1. The molecule has 0 radical (unpaired) electrons. The van der Waals surface area contributed by atoms with Crippen LogP contribution >= 0.6 is 23.1 Å². The van der Waals surface area contributed by atoms with E-state index in [1.807, 2.05) is 41.8 Å². The fourth-order valence-electron chi connectivity index (χ4n) is 3.17. The molecule has 0 aliphatic carbocycles. The van der Waals surface area contributed by atoms with Gasteiger partial charge in [0.15, 0.2) is 16.7 Å². The lowest BCUT2D eigenvalue weighted by atomic mass is 10.1. The molecule has 9 heteroatoms.